The quantitative estimate of drug-likeness (QED) is 0.323. The fourth-order valence-corrected chi connectivity index (χ4v) is 0.197. The molecular formula is C10H25N2NaO7. The molecule has 2 unspecified atom stereocenters. The van der Waals surface area contributed by atoms with E-state index in [0.29, 0.717) is 6.54 Å². The van der Waals surface area contributed by atoms with Crippen molar-refractivity contribution >= 4 is 47.5 Å². The van der Waals surface area contributed by atoms with Crippen LogP contribution in [0.25, 0.3) is 0 Å². The van der Waals surface area contributed by atoms with Gasteiger partial charge in [-0.15, -0.1) is 0 Å². The van der Waals surface area contributed by atoms with Crippen molar-refractivity contribution in [2.45, 2.75) is 39.8 Å². The zero-order valence-electron chi connectivity index (χ0n) is 11.5. The molecule has 0 aromatic carbocycles. The summed E-state index contributed by atoms with van der Waals surface area (Å²) >= 11 is 0. The van der Waals surface area contributed by atoms with Gasteiger partial charge in [0.2, 0.25) is 0 Å². The van der Waals surface area contributed by atoms with Crippen molar-refractivity contribution in [2.75, 3.05) is 6.54 Å². The number of nitrogens with two attached hydrogens (primary N) is 2. The number of hydrogen-bond donors (Lipinski definition) is 6. The number of aliphatic hydroxyl groups excluding tert-OH is 1. The van der Waals surface area contributed by atoms with Crippen molar-refractivity contribution in [3.05, 3.63) is 0 Å². The van der Waals surface area contributed by atoms with Crippen molar-refractivity contribution in [1.29, 1.82) is 0 Å². The van der Waals surface area contributed by atoms with Crippen LogP contribution < -0.4 is 11.5 Å². The van der Waals surface area contributed by atoms with Gasteiger partial charge in [0.1, 0.15) is 0 Å². The molecule has 0 aliphatic rings. The number of aliphatic hydroxyl groups is 1. The molecule has 0 radical (unpaired) electrons. The molecule has 0 rings (SSSR count). The molecule has 8 N–H and O–H groups in total. The average Bonchev–Trinajstić information content (AvgIpc) is 2.13. The number of aliphatic carboxylic acids is 3. The summed E-state index contributed by atoms with van der Waals surface area (Å²) in [5.41, 5.74) is 10.3. The van der Waals surface area contributed by atoms with Crippen molar-refractivity contribution in [1.82, 2.24) is 0 Å². The Kier molecular flexibility index (Phi) is 37.0. The van der Waals surface area contributed by atoms with Gasteiger partial charge in [-0.05, 0) is 6.92 Å². The van der Waals surface area contributed by atoms with Gasteiger partial charge in [0.15, 0.2) is 0 Å². The van der Waals surface area contributed by atoms with E-state index in [1.807, 2.05) is 0 Å². The van der Waals surface area contributed by atoms with Crippen molar-refractivity contribution < 1.29 is 34.8 Å². The van der Waals surface area contributed by atoms with Gasteiger partial charge in [0, 0.05) is 33.4 Å². The zero-order chi connectivity index (χ0) is 16.6. The molecule has 0 spiro atoms. The van der Waals surface area contributed by atoms with Gasteiger partial charge in [-0.3, -0.25) is 14.4 Å². The van der Waals surface area contributed by atoms with Crippen LogP contribution in [0.2, 0.25) is 0 Å². The first-order valence-corrected chi connectivity index (χ1v) is 5.10. The Balaban J connectivity index is -0.0000000512. The second-order valence-corrected chi connectivity index (χ2v) is 3.20. The minimum atomic E-state index is -0.833. The van der Waals surface area contributed by atoms with Gasteiger partial charge < -0.3 is 31.9 Å². The topological polar surface area (TPSA) is 184 Å². The summed E-state index contributed by atoms with van der Waals surface area (Å²) in [5.74, 6) is -2.50. The third kappa shape index (κ3) is 164. The molecule has 0 saturated heterocycles. The maximum atomic E-state index is 9.00. The molecule has 2 atom stereocenters. The summed E-state index contributed by atoms with van der Waals surface area (Å²) in [6.07, 6.45) is -0.481. The molecule has 0 heterocycles. The van der Waals surface area contributed by atoms with Crippen LogP contribution in [0.4, 0.5) is 0 Å². The Bertz CT molecular complexity index is 209. The molecule has 0 aromatic rings. The summed E-state index contributed by atoms with van der Waals surface area (Å²) in [5, 5.41) is 30.9. The van der Waals surface area contributed by atoms with Crippen LogP contribution in [0.15, 0.2) is 0 Å². The van der Waals surface area contributed by atoms with E-state index in [-0.39, 0.29) is 35.6 Å². The molecule has 0 amide bonds. The Morgan fingerprint density at radius 1 is 0.950 bits per heavy atom. The molecule has 0 fully saturated rings. The first-order valence-electron chi connectivity index (χ1n) is 5.10. The minimum absolute atomic E-state index is 0. The maximum absolute atomic E-state index is 9.00. The summed E-state index contributed by atoms with van der Waals surface area (Å²) in [4.78, 5) is 27.0. The van der Waals surface area contributed by atoms with Crippen LogP contribution in [0.3, 0.4) is 0 Å². The van der Waals surface area contributed by atoms with Crippen LogP contribution in [-0.2, 0) is 14.4 Å². The van der Waals surface area contributed by atoms with E-state index < -0.39 is 24.0 Å². The summed E-state index contributed by atoms with van der Waals surface area (Å²) in [6.45, 7) is 5.22. The van der Waals surface area contributed by atoms with E-state index >= 15 is 0 Å². The van der Waals surface area contributed by atoms with Gasteiger partial charge in [-0.2, -0.15) is 0 Å². The van der Waals surface area contributed by atoms with Crippen LogP contribution in [-0.4, -0.2) is 86.6 Å². The van der Waals surface area contributed by atoms with Gasteiger partial charge in [-0.25, -0.2) is 0 Å². The summed E-state index contributed by atoms with van der Waals surface area (Å²) in [7, 11) is 0. The van der Waals surface area contributed by atoms with E-state index in [0.717, 1.165) is 20.8 Å². The van der Waals surface area contributed by atoms with E-state index in [4.69, 9.17) is 46.3 Å². The molecule has 0 bridgehead atoms. The third-order valence-corrected chi connectivity index (χ3v) is 0.892. The second kappa shape index (κ2) is 23.4. The Hall–Kier alpha value is -0.710. The molecule has 118 valence electrons. The first kappa shape index (κ1) is 31.6. The molecule has 20 heavy (non-hydrogen) atoms. The third-order valence-electron chi connectivity index (χ3n) is 0.892. The summed E-state index contributed by atoms with van der Waals surface area (Å²) in [6, 6.07) is -0.264. The van der Waals surface area contributed by atoms with Crippen LogP contribution >= 0.6 is 0 Å². The predicted molar refractivity (Wildman–Crippen MR) is 75.8 cm³/mol. The number of carbonyl (C=O) groups is 3. The molecular weight excluding hydrogens is 283 g/mol. The van der Waals surface area contributed by atoms with Gasteiger partial charge in [-0.1, -0.05) is 0 Å². The van der Waals surface area contributed by atoms with Gasteiger partial charge >= 0.3 is 29.6 Å². The fraction of sp³-hybridized carbons (Fsp3) is 0.700. The van der Waals surface area contributed by atoms with Crippen molar-refractivity contribution in [2.24, 2.45) is 11.5 Å². The number of rotatable bonds is 2. The summed E-state index contributed by atoms with van der Waals surface area (Å²) < 4.78 is 0. The number of hydrogen-bond acceptors (Lipinski definition) is 6. The van der Waals surface area contributed by atoms with Crippen LogP contribution in [0.5, 0.6) is 0 Å². The average molecular weight is 308 g/mol. The first-order chi connectivity index (χ1) is 8.38. The Morgan fingerprint density at radius 3 is 1.10 bits per heavy atom. The molecule has 10 heteroatoms. The number of carboxylic acids is 3. The monoisotopic (exact) mass is 308 g/mol. The standard InChI is InChI=1S/C4H12N2O.3C2H4O2.Na.H/c1-3(7)4(6)2-5;3*1-2(3)4;;/h3-4,7H,2,5-6H2,1H3;3*1H3,(H,3,4);;. The molecule has 9 nitrogen and oxygen atoms in total. The van der Waals surface area contributed by atoms with Crippen molar-refractivity contribution in [3.8, 4) is 0 Å². The SMILES string of the molecule is CC(=O)O.CC(=O)O.CC(=O)O.CC(O)C(N)CN.[NaH]. The number of carboxylic acid groups (broad SMARTS) is 3. The molecule has 0 aliphatic heterocycles. The van der Waals surface area contributed by atoms with E-state index in [1.165, 1.54) is 0 Å². The van der Waals surface area contributed by atoms with E-state index in [1.54, 1.807) is 6.92 Å². The van der Waals surface area contributed by atoms with E-state index in [9.17, 15) is 0 Å². The predicted octanol–water partition coefficient (Wildman–Crippen LogP) is -1.72. The molecule has 0 saturated carbocycles. The molecule has 0 aromatic heterocycles. The van der Waals surface area contributed by atoms with Gasteiger partial charge in [0.05, 0.1) is 6.10 Å². The van der Waals surface area contributed by atoms with Gasteiger partial charge in [0.25, 0.3) is 17.9 Å². The van der Waals surface area contributed by atoms with Crippen LogP contribution in [0, 0.1) is 0 Å². The van der Waals surface area contributed by atoms with Crippen molar-refractivity contribution in [3.63, 3.8) is 0 Å². The fourth-order valence-electron chi connectivity index (χ4n) is 0.197. The zero-order valence-corrected chi connectivity index (χ0v) is 11.5. The van der Waals surface area contributed by atoms with E-state index in [2.05, 4.69) is 0 Å². The normalized spacial score (nSPS) is 10.3. The second-order valence-electron chi connectivity index (χ2n) is 3.20. The Morgan fingerprint density at radius 2 is 1.10 bits per heavy atom. The molecule has 0 aliphatic carbocycles. The van der Waals surface area contributed by atoms with Crippen LogP contribution in [0.1, 0.15) is 27.7 Å². The Labute approximate surface area is 140 Å².